The molecule has 26 heavy (non-hydrogen) atoms. The predicted molar refractivity (Wildman–Crippen MR) is 108 cm³/mol. The molecule has 1 aliphatic heterocycles. The zero-order chi connectivity index (χ0) is 18.5. The predicted octanol–water partition coefficient (Wildman–Crippen LogP) is 3.19. The van der Waals surface area contributed by atoms with Crippen LogP contribution in [0.4, 0.5) is 5.82 Å². The molecule has 0 aromatic carbocycles. The smallest absolute Gasteiger partial charge is 0.191 e. The van der Waals surface area contributed by atoms with Crippen LogP contribution >= 0.6 is 23.2 Å². The van der Waals surface area contributed by atoms with Gasteiger partial charge in [0.25, 0.3) is 0 Å². The van der Waals surface area contributed by atoms with Crippen LogP contribution in [-0.4, -0.2) is 35.6 Å². The fourth-order valence-electron chi connectivity index (χ4n) is 2.99. The van der Waals surface area contributed by atoms with Gasteiger partial charge in [-0.1, -0.05) is 29.3 Å². The van der Waals surface area contributed by atoms with E-state index in [0.29, 0.717) is 29.2 Å². The molecule has 6 nitrogen and oxygen atoms in total. The number of nitrogens with one attached hydrogen (secondary N) is 2. The average Bonchev–Trinajstić information content (AvgIpc) is 3.28. The van der Waals surface area contributed by atoms with Gasteiger partial charge >= 0.3 is 0 Å². The number of aliphatic imine (C=N–C) groups is 1. The lowest BCUT2D eigenvalue weighted by Crippen LogP contribution is -2.36. The summed E-state index contributed by atoms with van der Waals surface area (Å²) in [5.74, 6) is 1.77. The number of nitrogens with zero attached hydrogens (tertiary/aromatic N) is 4. The van der Waals surface area contributed by atoms with Crippen LogP contribution in [-0.2, 0) is 20.1 Å². The molecule has 1 saturated heterocycles. The van der Waals surface area contributed by atoms with Crippen LogP contribution < -0.4 is 15.5 Å². The topological polar surface area (TPSA) is 57.5 Å². The monoisotopic (exact) mass is 394 g/mol. The number of hydrogen-bond donors (Lipinski definition) is 2. The molecule has 1 fully saturated rings. The number of rotatable bonds is 5. The summed E-state index contributed by atoms with van der Waals surface area (Å²) in [4.78, 5) is 11.2. The van der Waals surface area contributed by atoms with Gasteiger partial charge in [0.1, 0.15) is 11.0 Å². The van der Waals surface area contributed by atoms with Crippen molar-refractivity contribution in [1.82, 2.24) is 20.2 Å². The van der Waals surface area contributed by atoms with Crippen LogP contribution in [0.2, 0.25) is 10.2 Å². The minimum atomic E-state index is 0.538. The van der Waals surface area contributed by atoms with E-state index in [9.17, 15) is 0 Å². The Balaban J connectivity index is 1.51. The van der Waals surface area contributed by atoms with Crippen molar-refractivity contribution in [2.45, 2.75) is 25.9 Å². The number of pyridine rings is 1. The van der Waals surface area contributed by atoms with E-state index in [1.807, 2.05) is 23.9 Å². The molecule has 0 atom stereocenters. The third-order valence-corrected chi connectivity index (χ3v) is 5.42. The number of halogens is 2. The van der Waals surface area contributed by atoms with Gasteiger partial charge in [-0.25, -0.2) is 4.98 Å². The lowest BCUT2D eigenvalue weighted by molar-refractivity contribution is 0.749. The van der Waals surface area contributed by atoms with Crippen molar-refractivity contribution in [2.24, 2.45) is 12.0 Å². The van der Waals surface area contributed by atoms with Gasteiger partial charge in [0.2, 0.25) is 0 Å². The van der Waals surface area contributed by atoms with E-state index in [1.54, 1.807) is 7.05 Å². The normalized spacial score (nSPS) is 14.8. The van der Waals surface area contributed by atoms with Crippen molar-refractivity contribution in [3.63, 3.8) is 0 Å². The molecule has 0 bridgehead atoms. The Morgan fingerprint density at radius 2 is 1.92 bits per heavy atom. The van der Waals surface area contributed by atoms with Crippen molar-refractivity contribution < 1.29 is 0 Å². The summed E-state index contributed by atoms with van der Waals surface area (Å²) in [5.41, 5.74) is 2.10. The van der Waals surface area contributed by atoms with Crippen molar-refractivity contribution in [3.05, 3.63) is 45.8 Å². The summed E-state index contributed by atoms with van der Waals surface area (Å²) in [7, 11) is 3.63. The van der Waals surface area contributed by atoms with Crippen LogP contribution in [0.25, 0.3) is 0 Å². The number of anilines is 1. The SMILES string of the molecule is CN=C(NCc1ccc(N2CCCC2)nc1)NCc1cc(Cl)c(Cl)n1C. The molecule has 1 aliphatic rings. The first-order valence-electron chi connectivity index (χ1n) is 8.72. The largest absolute Gasteiger partial charge is 0.357 e. The van der Waals surface area contributed by atoms with Crippen molar-refractivity contribution in [3.8, 4) is 0 Å². The first kappa shape index (κ1) is 18.9. The quantitative estimate of drug-likeness (QED) is 0.603. The molecule has 2 aromatic heterocycles. The summed E-state index contributed by atoms with van der Waals surface area (Å²) >= 11 is 12.1. The van der Waals surface area contributed by atoms with Gasteiger partial charge in [0.15, 0.2) is 5.96 Å². The molecular weight excluding hydrogens is 371 g/mol. The molecule has 3 rings (SSSR count). The van der Waals surface area contributed by atoms with Crippen LogP contribution in [0.15, 0.2) is 29.4 Å². The molecule has 3 heterocycles. The second-order valence-corrected chi connectivity index (χ2v) is 7.10. The van der Waals surface area contributed by atoms with E-state index in [-0.39, 0.29) is 0 Å². The van der Waals surface area contributed by atoms with Gasteiger partial charge in [-0.05, 0) is 30.5 Å². The van der Waals surface area contributed by atoms with Gasteiger partial charge in [-0.15, -0.1) is 0 Å². The van der Waals surface area contributed by atoms with Crippen molar-refractivity contribution in [1.29, 1.82) is 0 Å². The number of aromatic nitrogens is 2. The molecule has 0 unspecified atom stereocenters. The second-order valence-electron chi connectivity index (χ2n) is 6.33. The zero-order valence-electron chi connectivity index (χ0n) is 15.1. The van der Waals surface area contributed by atoms with Crippen LogP contribution in [0.3, 0.4) is 0 Å². The Morgan fingerprint density at radius 1 is 1.19 bits per heavy atom. The third-order valence-electron chi connectivity index (χ3n) is 4.58. The fraction of sp³-hybridized carbons (Fsp3) is 0.444. The number of hydrogen-bond acceptors (Lipinski definition) is 3. The van der Waals surface area contributed by atoms with E-state index >= 15 is 0 Å². The Hall–Kier alpha value is -1.92. The Morgan fingerprint density at radius 3 is 2.50 bits per heavy atom. The van der Waals surface area contributed by atoms with E-state index in [2.05, 4.69) is 37.6 Å². The van der Waals surface area contributed by atoms with Crippen molar-refractivity contribution in [2.75, 3.05) is 25.0 Å². The summed E-state index contributed by atoms with van der Waals surface area (Å²) in [6.45, 7) is 3.44. The maximum Gasteiger partial charge on any atom is 0.191 e. The van der Waals surface area contributed by atoms with Gasteiger partial charge in [0, 0.05) is 45.6 Å². The van der Waals surface area contributed by atoms with Gasteiger partial charge in [0.05, 0.1) is 11.6 Å². The fourth-order valence-corrected chi connectivity index (χ4v) is 3.41. The Kier molecular flexibility index (Phi) is 6.27. The minimum Gasteiger partial charge on any atom is -0.357 e. The minimum absolute atomic E-state index is 0.538. The molecule has 2 N–H and O–H groups in total. The average molecular weight is 395 g/mol. The van der Waals surface area contributed by atoms with E-state index in [1.165, 1.54) is 12.8 Å². The lowest BCUT2D eigenvalue weighted by Gasteiger charge is -2.16. The maximum absolute atomic E-state index is 6.10. The lowest BCUT2D eigenvalue weighted by atomic mass is 10.3. The standard InChI is InChI=1S/C18H24Cl2N6/c1-21-18(24-12-14-9-15(19)17(20)25(14)2)23-11-13-5-6-16(22-10-13)26-7-3-4-8-26/h5-6,9-10H,3-4,7-8,11-12H2,1-2H3,(H2,21,23,24). The summed E-state index contributed by atoms with van der Waals surface area (Å²) in [6, 6.07) is 6.05. The summed E-state index contributed by atoms with van der Waals surface area (Å²) in [5, 5.41) is 7.65. The molecule has 0 spiro atoms. The first-order chi connectivity index (χ1) is 12.6. The molecule has 0 radical (unpaired) electrons. The maximum atomic E-state index is 6.10. The first-order valence-corrected chi connectivity index (χ1v) is 9.48. The molecule has 140 valence electrons. The highest BCUT2D eigenvalue weighted by molar-refractivity contribution is 6.41. The Labute approximate surface area is 164 Å². The van der Waals surface area contributed by atoms with Crippen molar-refractivity contribution >= 4 is 35.0 Å². The van der Waals surface area contributed by atoms with E-state index < -0.39 is 0 Å². The van der Waals surface area contributed by atoms with Gasteiger partial charge in [-0.3, -0.25) is 4.99 Å². The second kappa shape index (κ2) is 8.64. The van der Waals surface area contributed by atoms with E-state index in [0.717, 1.165) is 30.2 Å². The third kappa shape index (κ3) is 4.43. The van der Waals surface area contributed by atoms with Gasteiger partial charge < -0.3 is 20.1 Å². The zero-order valence-corrected chi connectivity index (χ0v) is 16.6. The highest BCUT2D eigenvalue weighted by Gasteiger charge is 2.13. The highest BCUT2D eigenvalue weighted by atomic mass is 35.5. The number of guanidine groups is 1. The van der Waals surface area contributed by atoms with Crippen LogP contribution in [0.1, 0.15) is 24.1 Å². The highest BCUT2D eigenvalue weighted by Crippen LogP contribution is 2.24. The summed E-state index contributed by atoms with van der Waals surface area (Å²) in [6.07, 6.45) is 4.43. The molecule has 8 heteroatoms. The molecular formula is C18H24Cl2N6. The molecule has 2 aromatic rings. The van der Waals surface area contributed by atoms with Crippen LogP contribution in [0, 0.1) is 0 Å². The van der Waals surface area contributed by atoms with E-state index in [4.69, 9.17) is 23.2 Å². The molecule has 0 saturated carbocycles. The van der Waals surface area contributed by atoms with Gasteiger partial charge in [-0.2, -0.15) is 0 Å². The molecule has 0 aliphatic carbocycles. The Bertz CT molecular complexity index is 763. The molecule has 0 amide bonds. The summed E-state index contributed by atoms with van der Waals surface area (Å²) < 4.78 is 1.85. The van der Waals surface area contributed by atoms with Crippen LogP contribution in [0.5, 0.6) is 0 Å².